The number of amides is 1. The minimum Gasteiger partial charge on any atom is -0.497 e. The molecule has 0 aliphatic carbocycles. The molecule has 1 aromatic carbocycles. The van der Waals surface area contributed by atoms with Crippen LogP contribution in [0.25, 0.3) is 11.0 Å². The molecule has 26 heavy (non-hydrogen) atoms. The Kier molecular flexibility index (Phi) is 4.61. The topological polar surface area (TPSA) is 58.2 Å². The lowest BCUT2D eigenvalue weighted by atomic mass is 9.94. The molecular weight excluding hydrogens is 326 g/mol. The summed E-state index contributed by atoms with van der Waals surface area (Å²) in [7, 11) is 1.65. The van der Waals surface area contributed by atoms with Gasteiger partial charge in [-0.15, -0.1) is 0 Å². The summed E-state index contributed by atoms with van der Waals surface area (Å²) in [6.07, 6.45) is 4.37. The van der Waals surface area contributed by atoms with Crippen molar-refractivity contribution in [2.75, 3.05) is 20.2 Å². The van der Waals surface area contributed by atoms with Crippen LogP contribution in [-0.4, -0.2) is 41.0 Å². The maximum Gasteiger partial charge on any atom is 0.227 e. The van der Waals surface area contributed by atoms with Gasteiger partial charge in [-0.3, -0.25) is 9.78 Å². The second-order valence-electron chi connectivity index (χ2n) is 6.86. The first-order chi connectivity index (χ1) is 12.7. The number of aromatic amines is 1. The van der Waals surface area contributed by atoms with Crippen LogP contribution in [-0.2, 0) is 11.2 Å². The number of H-pyrrole nitrogens is 1. The number of fused-ring (bicyclic) bond motifs is 1. The van der Waals surface area contributed by atoms with E-state index in [2.05, 4.69) is 16.0 Å². The number of aromatic nitrogens is 2. The van der Waals surface area contributed by atoms with E-state index in [-0.39, 0.29) is 5.91 Å². The molecule has 3 aromatic rings. The third-order valence-electron chi connectivity index (χ3n) is 5.14. The minimum absolute atomic E-state index is 0.189. The van der Waals surface area contributed by atoms with E-state index in [1.54, 1.807) is 7.11 Å². The lowest BCUT2D eigenvalue weighted by Crippen LogP contribution is -2.40. The Balaban J connectivity index is 1.44. The number of methoxy groups -OCH3 is 1. The molecule has 5 heteroatoms. The fraction of sp³-hybridized carbons (Fsp3) is 0.333. The molecule has 0 bridgehead atoms. The highest BCUT2D eigenvalue weighted by Gasteiger charge is 2.26. The first-order valence-electron chi connectivity index (χ1n) is 9.07. The number of hydrogen-bond donors (Lipinski definition) is 1. The number of pyridine rings is 1. The van der Waals surface area contributed by atoms with Crippen molar-refractivity contribution < 1.29 is 9.53 Å². The highest BCUT2D eigenvalue weighted by atomic mass is 16.5. The zero-order chi connectivity index (χ0) is 17.9. The normalized spacial score (nSPS) is 17.4. The van der Waals surface area contributed by atoms with Gasteiger partial charge in [0.25, 0.3) is 0 Å². The number of hydrogen-bond acceptors (Lipinski definition) is 3. The van der Waals surface area contributed by atoms with E-state index in [1.165, 1.54) is 5.69 Å². The van der Waals surface area contributed by atoms with E-state index in [9.17, 15) is 4.79 Å². The van der Waals surface area contributed by atoms with Crippen molar-refractivity contribution >= 4 is 16.9 Å². The average Bonchev–Trinajstić information content (AvgIpc) is 3.13. The predicted octanol–water partition coefficient (Wildman–Crippen LogP) is 3.52. The highest BCUT2D eigenvalue weighted by molar-refractivity contribution is 5.79. The van der Waals surface area contributed by atoms with Gasteiger partial charge in [-0.25, -0.2) is 0 Å². The fourth-order valence-electron chi connectivity index (χ4n) is 3.68. The standard InChI is InChI=1S/C21H23N3O2/c1-26-17-8-6-15(7-9-17)12-21(25)24-11-3-4-16(14-24)19-13-20-18(23-19)5-2-10-22-20/h2,5-10,13,16,23H,3-4,11-12,14H2,1H3/t16-/m0/s1. The molecule has 1 amide bonds. The number of carbonyl (C=O) groups excluding carboxylic acids is 1. The maximum atomic E-state index is 12.7. The lowest BCUT2D eigenvalue weighted by molar-refractivity contribution is -0.131. The molecule has 0 saturated carbocycles. The first-order valence-corrected chi connectivity index (χ1v) is 9.07. The molecule has 5 nitrogen and oxygen atoms in total. The van der Waals surface area contributed by atoms with Crippen LogP contribution in [0.4, 0.5) is 0 Å². The van der Waals surface area contributed by atoms with Crippen LogP contribution >= 0.6 is 0 Å². The van der Waals surface area contributed by atoms with Gasteiger partial charge in [0.05, 0.1) is 24.6 Å². The van der Waals surface area contributed by atoms with Gasteiger partial charge >= 0.3 is 0 Å². The quantitative estimate of drug-likeness (QED) is 0.784. The SMILES string of the molecule is COc1ccc(CC(=O)N2CCC[C@H](c3cc4ncccc4[nH]3)C2)cc1. The van der Waals surface area contributed by atoms with E-state index >= 15 is 0 Å². The summed E-state index contributed by atoms with van der Waals surface area (Å²) in [5.74, 6) is 1.35. The van der Waals surface area contributed by atoms with Gasteiger partial charge in [0.1, 0.15) is 5.75 Å². The monoisotopic (exact) mass is 349 g/mol. The van der Waals surface area contributed by atoms with Gasteiger partial charge < -0.3 is 14.6 Å². The number of benzene rings is 1. The molecule has 1 atom stereocenters. The molecule has 134 valence electrons. The van der Waals surface area contributed by atoms with Crippen LogP contribution in [0.1, 0.15) is 30.0 Å². The largest absolute Gasteiger partial charge is 0.497 e. The average molecular weight is 349 g/mol. The second-order valence-corrected chi connectivity index (χ2v) is 6.86. The third-order valence-corrected chi connectivity index (χ3v) is 5.14. The van der Waals surface area contributed by atoms with E-state index < -0.39 is 0 Å². The van der Waals surface area contributed by atoms with Crippen molar-refractivity contribution in [3.8, 4) is 5.75 Å². The van der Waals surface area contributed by atoms with Gasteiger partial charge in [0.15, 0.2) is 0 Å². The van der Waals surface area contributed by atoms with Crippen molar-refractivity contribution in [2.45, 2.75) is 25.2 Å². The molecule has 4 rings (SSSR count). The maximum absolute atomic E-state index is 12.7. The molecule has 0 unspecified atom stereocenters. The number of nitrogens with one attached hydrogen (secondary N) is 1. The van der Waals surface area contributed by atoms with E-state index in [0.717, 1.165) is 48.3 Å². The van der Waals surface area contributed by atoms with E-state index in [0.29, 0.717) is 12.3 Å². The zero-order valence-corrected chi connectivity index (χ0v) is 14.9. The second kappa shape index (κ2) is 7.20. The van der Waals surface area contributed by atoms with Crippen molar-refractivity contribution in [1.29, 1.82) is 0 Å². The fourth-order valence-corrected chi connectivity index (χ4v) is 3.68. The Morgan fingerprint density at radius 2 is 2.15 bits per heavy atom. The van der Waals surface area contributed by atoms with Crippen molar-refractivity contribution in [3.05, 3.63) is 59.9 Å². The Hall–Kier alpha value is -2.82. The molecule has 0 radical (unpaired) electrons. The zero-order valence-electron chi connectivity index (χ0n) is 14.9. The van der Waals surface area contributed by atoms with Crippen LogP contribution in [0.3, 0.4) is 0 Å². The first kappa shape index (κ1) is 16.6. The van der Waals surface area contributed by atoms with Gasteiger partial charge in [-0.05, 0) is 48.7 Å². The molecule has 1 fully saturated rings. The predicted molar refractivity (Wildman–Crippen MR) is 101 cm³/mol. The van der Waals surface area contributed by atoms with Gasteiger partial charge in [-0.1, -0.05) is 12.1 Å². The van der Waals surface area contributed by atoms with Crippen LogP contribution in [0.5, 0.6) is 5.75 Å². The smallest absolute Gasteiger partial charge is 0.227 e. The van der Waals surface area contributed by atoms with Crippen molar-refractivity contribution in [1.82, 2.24) is 14.9 Å². The highest BCUT2D eigenvalue weighted by Crippen LogP contribution is 2.28. The van der Waals surface area contributed by atoms with Crippen LogP contribution in [0.2, 0.25) is 0 Å². The summed E-state index contributed by atoms with van der Waals surface area (Å²) in [5.41, 5.74) is 4.25. The Bertz CT molecular complexity index is 868. The number of piperidine rings is 1. The number of likely N-dealkylation sites (tertiary alicyclic amines) is 1. The molecule has 1 aliphatic heterocycles. The van der Waals surface area contributed by atoms with E-state index in [4.69, 9.17) is 4.74 Å². The minimum atomic E-state index is 0.189. The van der Waals surface area contributed by atoms with Crippen LogP contribution in [0, 0.1) is 0 Å². The summed E-state index contributed by atoms with van der Waals surface area (Å²) in [4.78, 5) is 22.6. The molecule has 2 aromatic heterocycles. The molecule has 1 saturated heterocycles. The van der Waals surface area contributed by atoms with Crippen molar-refractivity contribution in [2.24, 2.45) is 0 Å². The summed E-state index contributed by atoms with van der Waals surface area (Å²) in [5, 5.41) is 0. The number of rotatable bonds is 4. The molecule has 3 heterocycles. The Morgan fingerprint density at radius 1 is 1.31 bits per heavy atom. The number of nitrogens with zero attached hydrogens (tertiary/aromatic N) is 2. The molecule has 0 spiro atoms. The number of ether oxygens (including phenoxy) is 1. The van der Waals surface area contributed by atoms with Crippen LogP contribution in [0.15, 0.2) is 48.7 Å². The van der Waals surface area contributed by atoms with Crippen molar-refractivity contribution in [3.63, 3.8) is 0 Å². The third kappa shape index (κ3) is 3.43. The summed E-state index contributed by atoms with van der Waals surface area (Å²) >= 11 is 0. The molecular formula is C21H23N3O2. The lowest BCUT2D eigenvalue weighted by Gasteiger charge is -2.32. The number of carbonyl (C=O) groups is 1. The Morgan fingerprint density at radius 3 is 2.92 bits per heavy atom. The summed E-state index contributed by atoms with van der Waals surface area (Å²) in [6.45, 7) is 1.60. The van der Waals surface area contributed by atoms with E-state index in [1.807, 2.05) is 47.5 Å². The molecule has 1 N–H and O–H groups in total. The van der Waals surface area contributed by atoms with Gasteiger partial charge in [0, 0.05) is 30.9 Å². The van der Waals surface area contributed by atoms with Crippen LogP contribution < -0.4 is 4.74 Å². The van der Waals surface area contributed by atoms with Gasteiger partial charge in [0.2, 0.25) is 5.91 Å². The molecule has 1 aliphatic rings. The summed E-state index contributed by atoms with van der Waals surface area (Å²) in [6, 6.07) is 13.8. The Labute approximate surface area is 153 Å². The van der Waals surface area contributed by atoms with Gasteiger partial charge in [-0.2, -0.15) is 0 Å². The summed E-state index contributed by atoms with van der Waals surface area (Å²) < 4.78 is 5.17.